The van der Waals surface area contributed by atoms with Gasteiger partial charge in [0.15, 0.2) is 0 Å². The molecule has 0 amide bonds. The van der Waals surface area contributed by atoms with Gasteiger partial charge in [0, 0.05) is 23.0 Å². The fraction of sp³-hybridized carbons (Fsp3) is 0.423. The first-order chi connectivity index (χ1) is 15.9. The van der Waals surface area contributed by atoms with E-state index in [-0.39, 0.29) is 0 Å². The van der Waals surface area contributed by atoms with Crippen LogP contribution in [0.5, 0.6) is 5.75 Å². The van der Waals surface area contributed by atoms with E-state index in [1.807, 2.05) is 18.2 Å². The summed E-state index contributed by atoms with van der Waals surface area (Å²) >= 11 is 1.66. The normalized spacial score (nSPS) is 11.9. The molecule has 3 aromatic rings. The van der Waals surface area contributed by atoms with Crippen molar-refractivity contribution < 1.29 is 17.9 Å². The third-order valence-electron chi connectivity index (χ3n) is 5.57. The maximum atomic E-state index is 12.9. The van der Waals surface area contributed by atoms with Gasteiger partial charge in [0.05, 0.1) is 17.7 Å². The molecule has 33 heavy (non-hydrogen) atoms. The maximum absolute atomic E-state index is 12.9. The SMILES string of the molecule is CCN(CC)Cc1ccc(OCCCCCSc2ccnc3cc(C(F)(F)F)ccc23)cc1. The summed E-state index contributed by atoms with van der Waals surface area (Å²) in [5.41, 5.74) is 1.01. The zero-order valence-electron chi connectivity index (χ0n) is 19.2. The van der Waals surface area contributed by atoms with Gasteiger partial charge in [-0.2, -0.15) is 13.2 Å². The standard InChI is InChI=1S/C26H31F3N2OS/c1-3-31(4-2)19-20-8-11-22(12-9-20)32-16-6-5-7-17-33-25-14-15-30-24-18-21(26(27,28)29)10-13-23(24)25/h8-15,18H,3-7,16-17,19H2,1-2H3. The Morgan fingerprint density at radius 2 is 1.70 bits per heavy atom. The van der Waals surface area contributed by atoms with Crippen LogP contribution in [0, 0.1) is 0 Å². The van der Waals surface area contributed by atoms with Crippen molar-refractivity contribution in [3.05, 3.63) is 65.9 Å². The van der Waals surface area contributed by atoms with Crippen molar-refractivity contribution in [3.8, 4) is 5.75 Å². The van der Waals surface area contributed by atoms with Crippen LogP contribution in [0.4, 0.5) is 13.2 Å². The summed E-state index contributed by atoms with van der Waals surface area (Å²) in [7, 11) is 0. The van der Waals surface area contributed by atoms with Crippen LogP contribution < -0.4 is 4.74 Å². The smallest absolute Gasteiger partial charge is 0.416 e. The molecule has 0 aliphatic rings. The minimum absolute atomic E-state index is 0.381. The number of hydrogen-bond donors (Lipinski definition) is 0. The van der Waals surface area contributed by atoms with Crippen molar-refractivity contribution in [2.75, 3.05) is 25.4 Å². The second-order valence-corrected chi connectivity index (χ2v) is 9.04. The summed E-state index contributed by atoms with van der Waals surface area (Å²) in [5.74, 6) is 1.80. The Labute approximate surface area is 198 Å². The number of thioether (sulfide) groups is 1. The molecule has 0 aliphatic heterocycles. The number of benzene rings is 2. The molecular formula is C26H31F3N2OS. The zero-order valence-corrected chi connectivity index (χ0v) is 20.0. The van der Waals surface area contributed by atoms with Gasteiger partial charge in [0.25, 0.3) is 0 Å². The van der Waals surface area contributed by atoms with Crippen LogP contribution in [0.1, 0.15) is 44.2 Å². The second-order valence-electron chi connectivity index (χ2n) is 7.90. The summed E-state index contributed by atoms with van der Waals surface area (Å²) in [5, 5.41) is 0.767. The molecule has 0 saturated heterocycles. The number of nitrogens with zero attached hydrogens (tertiary/aromatic N) is 2. The molecule has 3 nitrogen and oxygen atoms in total. The highest BCUT2D eigenvalue weighted by Gasteiger charge is 2.30. The van der Waals surface area contributed by atoms with Gasteiger partial charge in [-0.3, -0.25) is 9.88 Å². The largest absolute Gasteiger partial charge is 0.494 e. The third-order valence-corrected chi connectivity index (χ3v) is 6.73. The highest BCUT2D eigenvalue weighted by atomic mass is 32.2. The van der Waals surface area contributed by atoms with E-state index in [2.05, 4.69) is 35.9 Å². The number of hydrogen-bond acceptors (Lipinski definition) is 4. The number of aromatic nitrogens is 1. The molecule has 0 radical (unpaired) electrons. The van der Waals surface area contributed by atoms with Crippen LogP contribution >= 0.6 is 11.8 Å². The molecule has 0 atom stereocenters. The molecule has 0 spiro atoms. The Morgan fingerprint density at radius 3 is 2.39 bits per heavy atom. The van der Waals surface area contributed by atoms with Gasteiger partial charge >= 0.3 is 6.18 Å². The van der Waals surface area contributed by atoms with Crippen LogP contribution in [-0.4, -0.2) is 35.3 Å². The van der Waals surface area contributed by atoms with Crippen molar-refractivity contribution in [1.82, 2.24) is 9.88 Å². The molecular weight excluding hydrogens is 445 g/mol. The molecule has 0 saturated carbocycles. The van der Waals surface area contributed by atoms with Crippen LogP contribution in [0.3, 0.4) is 0 Å². The van der Waals surface area contributed by atoms with E-state index in [1.165, 1.54) is 11.6 Å². The predicted octanol–water partition coefficient (Wildman–Crippen LogP) is 7.44. The summed E-state index contributed by atoms with van der Waals surface area (Å²) in [6, 6.07) is 14.0. The van der Waals surface area contributed by atoms with Crippen LogP contribution in [0.25, 0.3) is 10.9 Å². The van der Waals surface area contributed by atoms with Crippen molar-refractivity contribution in [1.29, 1.82) is 0 Å². The summed E-state index contributed by atoms with van der Waals surface area (Å²) in [6.45, 7) is 8.07. The third kappa shape index (κ3) is 7.64. The number of fused-ring (bicyclic) bond motifs is 1. The van der Waals surface area contributed by atoms with Crippen molar-refractivity contribution in [3.63, 3.8) is 0 Å². The van der Waals surface area contributed by atoms with Gasteiger partial charge in [-0.1, -0.05) is 32.0 Å². The maximum Gasteiger partial charge on any atom is 0.416 e. The van der Waals surface area contributed by atoms with E-state index in [9.17, 15) is 13.2 Å². The fourth-order valence-electron chi connectivity index (χ4n) is 3.57. The molecule has 0 fully saturated rings. The van der Waals surface area contributed by atoms with E-state index >= 15 is 0 Å². The van der Waals surface area contributed by atoms with E-state index < -0.39 is 11.7 Å². The fourth-order valence-corrected chi connectivity index (χ4v) is 4.63. The van der Waals surface area contributed by atoms with Crippen LogP contribution in [0.2, 0.25) is 0 Å². The number of rotatable bonds is 12. The zero-order chi connectivity index (χ0) is 23.7. The molecule has 1 heterocycles. The predicted molar refractivity (Wildman–Crippen MR) is 130 cm³/mol. The first kappa shape index (κ1) is 25.4. The number of ether oxygens (including phenoxy) is 1. The highest BCUT2D eigenvalue weighted by molar-refractivity contribution is 7.99. The monoisotopic (exact) mass is 476 g/mol. The lowest BCUT2D eigenvalue weighted by atomic mass is 10.1. The molecule has 0 N–H and O–H groups in total. The molecule has 0 unspecified atom stereocenters. The minimum atomic E-state index is -4.35. The molecule has 2 aromatic carbocycles. The Bertz CT molecular complexity index is 1000. The van der Waals surface area contributed by atoms with E-state index in [0.29, 0.717) is 12.1 Å². The number of halogens is 3. The highest BCUT2D eigenvalue weighted by Crippen LogP contribution is 2.34. The molecule has 7 heteroatoms. The quantitative estimate of drug-likeness (QED) is 0.200. The van der Waals surface area contributed by atoms with Gasteiger partial charge in [-0.15, -0.1) is 11.8 Å². The number of pyridine rings is 1. The van der Waals surface area contributed by atoms with Crippen LogP contribution in [-0.2, 0) is 12.7 Å². The van der Waals surface area contributed by atoms with Crippen molar-refractivity contribution in [2.45, 2.75) is 50.7 Å². The summed E-state index contributed by atoms with van der Waals surface area (Å²) in [6.07, 6.45) is 0.240. The van der Waals surface area contributed by atoms with Gasteiger partial charge in [-0.25, -0.2) is 0 Å². The average molecular weight is 477 g/mol. The second kappa shape index (κ2) is 12.3. The Morgan fingerprint density at radius 1 is 0.939 bits per heavy atom. The lowest BCUT2D eigenvalue weighted by molar-refractivity contribution is -0.137. The summed E-state index contributed by atoms with van der Waals surface area (Å²) < 4.78 is 44.6. The topological polar surface area (TPSA) is 25.4 Å². The lowest BCUT2D eigenvalue weighted by Gasteiger charge is -2.18. The molecule has 0 aliphatic carbocycles. The Kier molecular flexibility index (Phi) is 9.44. The Hall–Kier alpha value is -2.25. The molecule has 3 rings (SSSR count). The van der Waals surface area contributed by atoms with E-state index in [0.717, 1.165) is 72.8 Å². The minimum Gasteiger partial charge on any atom is -0.494 e. The lowest BCUT2D eigenvalue weighted by Crippen LogP contribution is -2.21. The molecule has 178 valence electrons. The number of alkyl halides is 3. The van der Waals surface area contributed by atoms with Crippen LogP contribution in [0.15, 0.2) is 59.6 Å². The van der Waals surface area contributed by atoms with Gasteiger partial charge < -0.3 is 4.74 Å². The van der Waals surface area contributed by atoms with E-state index in [4.69, 9.17) is 4.74 Å². The molecule has 0 bridgehead atoms. The number of unbranched alkanes of at least 4 members (excludes halogenated alkanes) is 2. The van der Waals surface area contributed by atoms with Gasteiger partial charge in [0.2, 0.25) is 0 Å². The summed E-state index contributed by atoms with van der Waals surface area (Å²) in [4.78, 5) is 7.45. The average Bonchev–Trinajstić information content (AvgIpc) is 2.82. The van der Waals surface area contributed by atoms with Crippen molar-refractivity contribution in [2.24, 2.45) is 0 Å². The van der Waals surface area contributed by atoms with Gasteiger partial charge in [-0.05, 0) is 74.0 Å². The Balaban J connectivity index is 1.38. The van der Waals surface area contributed by atoms with Crippen molar-refractivity contribution >= 4 is 22.7 Å². The first-order valence-electron chi connectivity index (χ1n) is 11.4. The van der Waals surface area contributed by atoms with Gasteiger partial charge in [0.1, 0.15) is 5.75 Å². The first-order valence-corrected chi connectivity index (χ1v) is 12.4. The van der Waals surface area contributed by atoms with E-state index in [1.54, 1.807) is 18.0 Å². The molecule has 1 aromatic heterocycles.